The van der Waals surface area contributed by atoms with Crippen molar-refractivity contribution in [3.05, 3.63) is 35.4 Å². The highest BCUT2D eigenvalue weighted by Gasteiger charge is 2.20. The molecule has 1 saturated heterocycles. The number of carbonyl (C=O) groups excluding carboxylic acids is 1. The van der Waals surface area contributed by atoms with Gasteiger partial charge >= 0.3 is 0 Å². The smallest absolute Gasteiger partial charge is 0.223 e. The molecule has 4 nitrogen and oxygen atoms in total. The minimum atomic E-state index is 0. The van der Waals surface area contributed by atoms with Crippen LogP contribution < -0.4 is 10.6 Å². The lowest BCUT2D eigenvalue weighted by molar-refractivity contribution is -0.125. The number of nitrogens with zero attached hydrogens (tertiary/aromatic N) is 1. The number of nitrogens with one attached hydrogen (secondary N) is 2. The predicted octanol–water partition coefficient (Wildman–Crippen LogP) is 1.60. The molecule has 1 heterocycles. The Labute approximate surface area is 119 Å². The van der Waals surface area contributed by atoms with Crippen LogP contribution >= 0.6 is 12.4 Å². The number of piperidine rings is 1. The monoisotopic (exact) mass is 279 g/mol. The quantitative estimate of drug-likeness (QED) is 0.883. The van der Waals surface area contributed by atoms with E-state index in [1.807, 2.05) is 12.1 Å². The van der Waals surface area contributed by atoms with Gasteiger partial charge in [-0.1, -0.05) is 12.1 Å². The number of nitriles is 1. The summed E-state index contributed by atoms with van der Waals surface area (Å²) in [6.07, 6.45) is 1.83. The Bertz CT molecular complexity index is 447. The van der Waals surface area contributed by atoms with E-state index >= 15 is 0 Å². The fraction of sp³-hybridized carbons (Fsp3) is 0.429. The van der Waals surface area contributed by atoms with Crippen LogP contribution in [0.5, 0.6) is 0 Å². The van der Waals surface area contributed by atoms with E-state index in [0.29, 0.717) is 12.1 Å². The molecule has 0 radical (unpaired) electrons. The second-order valence-corrected chi connectivity index (χ2v) is 4.55. The predicted molar refractivity (Wildman–Crippen MR) is 75.8 cm³/mol. The Balaban J connectivity index is 0.00000180. The largest absolute Gasteiger partial charge is 0.352 e. The summed E-state index contributed by atoms with van der Waals surface area (Å²) in [5.41, 5.74) is 1.67. The zero-order valence-electron chi connectivity index (χ0n) is 10.7. The molecule has 0 aromatic heterocycles. The van der Waals surface area contributed by atoms with Crippen LogP contribution in [0.3, 0.4) is 0 Å². The standard InChI is InChI=1S/C14H17N3O.ClH/c15-9-11-1-3-12(4-2-11)10-17-14(18)13-5-7-16-8-6-13;/h1-4,13,16H,5-8,10H2,(H,17,18);1H. The number of benzene rings is 1. The number of hydrogen-bond donors (Lipinski definition) is 2. The molecule has 5 heteroatoms. The first-order valence-corrected chi connectivity index (χ1v) is 6.27. The molecular weight excluding hydrogens is 262 g/mol. The third kappa shape index (κ3) is 4.55. The van der Waals surface area contributed by atoms with Gasteiger partial charge in [-0.15, -0.1) is 12.4 Å². The molecule has 19 heavy (non-hydrogen) atoms. The van der Waals surface area contributed by atoms with Crippen molar-refractivity contribution in [1.82, 2.24) is 10.6 Å². The molecule has 0 bridgehead atoms. The first-order valence-electron chi connectivity index (χ1n) is 6.27. The fourth-order valence-corrected chi connectivity index (χ4v) is 2.11. The van der Waals surface area contributed by atoms with E-state index < -0.39 is 0 Å². The average Bonchev–Trinajstić information content (AvgIpc) is 2.46. The number of rotatable bonds is 3. The summed E-state index contributed by atoms with van der Waals surface area (Å²) in [6, 6.07) is 9.37. The Morgan fingerprint density at radius 3 is 2.53 bits per heavy atom. The molecule has 1 aromatic rings. The van der Waals surface area contributed by atoms with Crippen molar-refractivity contribution in [2.24, 2.45) is 5.92 Å². The molecule has 1 amide bonds. The van der Waals surface area contributed by atoms with Crippen molar-refractivity contribution in [3.63, 3.8) is 0 Å². The normalized spacial score (nSPS) is 15.1. The summed E-state index contributed by atoms with van der Waals surface area (Å²) < 4.78 is 0. The van der Waals surface area contributed by atoms with Crippen LogP contribution in [0, 0.1) is 17.2 Å². The number of hydrogen-bond acceptors (Lipinski definition) is 3. The summed E-state index contributed by atoms with van der Waals surface area (Å²) in [7, 11) is 0. The van der Waals surface area contributed by atoms with Crippen LogP contribution in [0.15, 0.2) is 24.3 Å². The molecule has 0 spiro atoms. The molecule has 0 aliphatic carbocycles. The Kier molecular flexibility index (Phi) is 6.34. The first kappa shape index (κ1) is 15.5. The minimum Gasteiger partial charge on any atom is -0.352 e. The maximum Gasteiger partial charge on any atom is 0.223 e. The molecule has 0 saturated carbocycles. The van der Waals surface area contributed by atoms with Gasteiger partial charge < -0.3 is 10.6 Å². The van der Waals surface area contributed by atoms with E-state index in [4.69, 9.17) is 5.26 Å². The Morgan fingerprint density at radius 1 is 1.32 bits per heavy atom. The van der Waals surface area contributed by atoms with Gasteiger partial charge in [-0.25, -0.2) is 0 Å². The third-order valence-electron chi connectivity index (χ3n) is 3.26. The molecule has 1 aliphatic heterocycles. The molecule has 0 unspecified atom stereocenters. The second kappa shape index (κ2) is 7.78. The van der Waals surface area contributed by atoms with Gasteiger partial charge in [-0.3, -0.25) is 4.79 Å². The average molecular weight is 280 g/mol. The van der Waals surface area contributed by atoms with Crippen molar-refractivity contribution >= 4 is 18.3 Å². The van der Waals surface area contributed by atoms with Crippen LogP contribution in [0.25, 0.3) is 0 Å². The lowest BCUT2D eigenvalue weighted by Gasteiger charge is -2.21. The summed E-state index contributed by atoms with van der Waals surface area (Å²) in [6.45, 7) is 2.39. The fourth-order valence-electron chi connectivity index (χ4n) is 2.11. The van der Waals surface area contributed by atoms with Gasteiger partial charge in [-0.2, -0.15) is 5.26 Å². The minimum absolute atomic E-state index is 0. The first-order chi connectivity index (χ1) is 8.79. The number of amides is 1. The summed E-state index contributed by atoms with van der Waals surface area (Å²) in [5.74, 6) is 0.283. The van der Waals surface area contributed by atoms with Gasteiger partial charge in [0.05, 0.1) is 11.6 Å². The van der Waals surface area contributed by atoms with Crippen molar-refractivity contribution in [3.8, 4) is 6.07 Å². The highest BCUT2D eigenvalue weighted by Crippen LogP contribution is 2.12. The van der Waals surface area contributed by atoms with Gasteiger partial charge in [0.1, 0.15) is 0 Å². The Hall–Kier alpha value is -1.57. The maximum absolute atomic E-state index is 11.9. The highest BCUT2D eigenvalue weighted by atomic mass is 35.5. The van der Waals surface area contributed by atoms with Crippen LogP contribution in [-0.4, -0.2) is 19.0 Å². The van der Waals surface area contributed by atoms with Gasteiger partial charge in [0.2, 0.25) is 5.91 Å². The van der Waals surface area contributed by atoms with Crippen molar-refractivity contribution < 1.29 is 4.79 Å². The van der Waals surface area contributed by atoms with Crippen molar-refractivity contribution in [2.45, 2.75) is 19.4 Å². The molecule has 2 rings (SSSR count). The van der Waals surface area contributed by atoms with E-state index in [9.17, 15) is 4.79 Å². The van der Waals surface area contributed by atoms with Crippen LogP contribution in [-0.2, 0) is 11.3 Å². The van der Waals surface area contributed by atoms with E-state index in [1.165, 1.54) is 0 Å². The summed E-state index contributed by atoms with van der Waals surface area (Å²) >= 11 is 0. The van der Waals surface area contributed by atoms with Gasteiger partial charge in [0.25, 0.3) is 0 Å². The molecule has 1 aliphatic rings. The Morgan fingerprint density at radius 2 is 1.95 bits per heavy atom. The summed E-state index contributed by atoms with van der Waals surface area (Å²) in [4.78, 5) is 11.9. The molecule has 0 atom stereocenters. The highest BCUT2D eigenvalue weighted by molar-refractivity contribution is 5.85. The molecular formula is C14H18ClN3O. The number of carbonyl (C=O) groups is 1. The van der Waals surface area contributed by atoms with Crippen molar-refractivity contribution in [1.29, 1.82) is 5.26 Å². The van der Waals surface area contributed by atoms with Crippen molar-refractivity contribution in [2.75, 3.05) is 13.1 Å². The third-order valence-corrected chi connectivity index (χ3v) is 3.26. The van der Waals surface area contributed by atoms with E-state index in [2.05, 4.69) is 16.7 Å². The lowest BCUT2D eigenvalue weighted by Crippen LogP contribution is -2.37. The van der Waals surface area contributed by atoms with E-state index in [1.54, 1.807) is 12.1 Å². The van der Waals surface area contributed by atoms with Crippen LogP contribution in [0.4, 0.5) is 0 Å². The van der Waals surface area contributed by atoms with Crippen LogP contribution in [0.2, 0.25) is 0 Å². The SMILES string of the molecule is Cl.N#Cc1ccc(CNC(=O)C2CCNCC2)cc1. The molecule has 1 aromatic carbocycles. The van der Waals surface area contributed by atoms with E-state index in [0.717, 1.165) is 31.5 Å². The zero-order valence-corrected chi connectivity index (χ0v) is 11.5. The summed E-state index contributed by atoms with van der Waals surface area (Å²) in [5, 5.41) is 14.9. The number of halogens is 1. The maximum atomic E-state index is 11.9. The zero-order chi connectivity index (χ0) is 12.8. The topological polar surface area (TPSA) is 64.9 Å². The second-order valence-electron chi connectivity index (χ2n) is 4.55. The molecule has 1 fully saturated rings. The van der Waals surface area contributed by atoms with Gasteiger partial charge in [0.15, 0.2) is 0 Å². The molecule has 2 N–H and O–H groups in total. The van der Waals surface area contributed by atoms with E-state index in [-0.39, 0.29) is 24.2 Å². The van der Waals surface area contributed by atoms with Gasteiger partial charge in [-0.05, 0) is 43.6 Å². The molecule has 102 valence electrons. The van der Waals surface area contributed by atoms with Crippen LogP contribution in [0.1, 0.15) is 24.0 Å². The lowest BCUT2D eigenvalue weighted by atomic mass is 9.97. The van der Waals surface area contributed by atoms with Gasteiger partial charge in [0, 0.05) is 12.5 Å².